The Kier molecular flexibility index (Phi) is 4.74. The first-order valence-corrected chi connectivity index (χ1v) is 7.21. The van der Waals surface area contributed by atoms with Crippen LogP contribution in [0.5, 0.6) is 11.5 Å². The summed E-state index contributed by atoms with van der Waals surface area (Å²) in [6, 6.07) is 10.8. The van der Waals surface area contributed by atoms with Gasteiger partial charge in [0.2, 0.25) is 0 Å². The van der Waals surface area contributed by atoms with E-state index in [4.69, 9.17) is 33.7 Å². The van der Waals surface area contributed by atoms with E-state index in [-0.39, 0.29) is 6.04 Å². The van der Waals surface area contributed by atoms with E-state index in [0.717, 1.165) is 10.0 Å². The Morgan fingerprint density at radius 3 is 2.47 bits per heavy atom. The normalized spacial score (nSPS) is 12.3. The Bertz CT molecular complexity index is 602. The predicted octanol–water partition coefficient (Wildman–Crippen LogP) is 5.57. The Balaban J connectivity index is 2.39. The van der Waals surface area contributed by atoms with Gasteiger partial charge in [-0.1, -0.05) is 41.4 Å². The van der Waals surface area contributed by atoms with Gasteiger partial charge in [0.15, 0.2) is 0 Å². The minimum atomic E-state index is -0.124. The molecule has 19 heavy (non-hydrogen) atoms. The van der Waals surface area contributed by atoms with Crippen LogP contribution in [-0.4, -0.2) is 0 Å². The minimum Gasteiger partial charge on any atom is -0.455 e. The van der Waals surface area contributed by atoms with Crippen LogP contribution in [0.3, 0.4) is 0 Å². The molecule has 2 aromatic rings. The number of halogens is 3. The molecule has 100 valence electrons. The lowest BCUT2D eigenvalue weighted by Gasteiger charge is -2.14. The highest BCUT2D eigenvalue weighted by Gasteiger charge is 2.12. The fraction of sp³-hybridized carbons (Fsp3) is 0.143. The number of hydrogen-bond donors (Lipinski definition) is 1. The largest absolute Gasteiger partial charge is 0.455 e. The van der Waals surface area contributed by atoms with Gasteiger partial charge in [-0.05, 0) is 35.0 Å². The molecule has 2 aromatic carbocycles. The van der Waals surface area contributed by atoms with Crippen molar-refractivity contribution in [3.8, 4) is 11.5 Å². The quantitative estimate of drug-likeness (QED) is 0.726. The van der Waals surface area contributed by atoms with Gasteiger partial charge in [0.25, 0.3) is 0 Å². The van der Waals surface area contributed by atoms with Gasteiger partial charge < -0.3 is 10.5 Å². The SMILES string of the molecule is CC(N)c1ccccc1Oc1cc(Cl)c(Br)cc1Cl. The predicted molar refractivity (Wildman–Crippen MR) is 83.3 cm³/mol. The first kappa shape index (κ1) is 14.7. The molecule has 0 fully saturated rings. The lowest BCUT2D eigenvalue weighted by Crippen LogP contribution is -2.06. The maximum atomic E-state index is 6.14. The maximum Gasteiger partial charge on any atom is 0.147 e. The molecule has 0 aromatic heterocycles. The van der Waals surface area contributed by atoms with E-state index in [1.165, 1.54) is 0 Å². The van der Waals surface area contributed by atoms with Crippen molar-refractivity contribution < 1.29 is 4.74 Å². The van der Waals surface area contributed by atoms with E-state index in [1.807, 2.05) is 31.2 Å². The summed E-state index contributed by atoms with van der Waals surface area (Å²) in [6.07, 6.45) is 0. The average molecular weight is 361 g/mol. The summed E-state index contributed by atoms with van der Waals surface area (Å²) in [5.74, 6) is 1.18. The van der Waals surface area contributed by atoms with Crippen molar-refractivity contribution in [3.63, 3.8) is 0 Å². The van der Waals surface area contributed by atoms with Gasteiger partial charge in [-0.25, -0.2) is 0 Å². The lowest BCUT2D eigenvalue weighted by atomic mass is 10.1. The summed E-state index contributed by atoms with van der Waals surface area (Å²) in [7, 11) is 0. The number of rotatable bonds is 3. The van der Waals surface area contributed by atoms with Gasteiger partial charge in [0.05, 0.1) is 10.0 Å². The molecule has 0 spiro atoms. The van der Waals surface area contributed by atoms with Crippen molar-refractivity contribution in [2.45, 2.75) is 13.0 Å². The van der Waals surface area contributed by atoms with Gasteiger partial charge in [-0.2, -0.15) is 0 Å². The Hall–Kier alpha value is -0.740. The topological polar surface area (TPSA) is 35.2 Å². The number of nitrogens with two attached hydrogens (primary N) is 1. The molecule has 0 heterocycles. The molecule has 0 saturated heterocycles. The summed E-state index contributed by atoms with van der Waals surface area (Å²) in [5, 5.41) is 1.02. The van der Waals surface area contributed by atoms with Gasteiger partial charge in [0, 0.05) is 22.1 Å². The van der Waals surface area contributed by atoms with Crippen molar-refractivity contribution in [2.24, 2.45) is 5.73 Å². The van der Waals surface area contributed by atoms with Crippen molar-refractivity contribution in [3.05, 3.63) is 56.5 Å². The summed E-state index contributed by atoms with van der Waals surface area (Å²) in [4.78, 5) is 0. The standard InChI is InChI=1S/C14H12BrCl2NO/c1-8(18)9-4-2-3-5-13(9)19-14-7-11(16)10(15)6-12(14)17/h2-8H,18H2,1H3. The van der Waals surface area contributed by atoms with E-state index in [2.05, 4.69) is 15.9 Å². The number of benzene rings is 2. The second kappa shape index (κ2) is 6.14. The lowest BCUT2D eigenvalue weighted by molar-refractivity contribution is 0.472. The van der Waals surface area contributed by atoms with Crippen LogP contribution in [0.4, 0.5) is 0 Å². The van der Waals surface area contributed by atoms with Crippen LogP contribution in [0.1, 0.15) is 18.5 Å². The van der Waals surface area contributed by atoms with Gasteiger partial charge in [-0.3, -0.25) is 0 Å². The fourth-order valence-electron chi connectivity index (χ4n) is 1.65. The van der Waals surface area contributed by atoms with Crippen molar-refractivity contribution in [1.82, 2.24) is 0 Å². The van der Waals surface area contributed by atoms with Crippen molar-refractivity contribution >= 4 is 39.1 Å². The highest BCUT2D eigenvalue weighted by atomic mass is 79.9. The minimum absolute atomic E-state index is 0.124. The van der Waals surface area contributed by atoms with Crippen LogP contribution >= 0.6 is 39.1 Å². The molecule has 0 aliphatic heterocycles. The van der Waals surface area contributed by atoms with E-state index >= 15 is 0 Å². The molecular weight excluding hydrogens is 349 g/mol. The molecule has 1 unspecified atom stereocenters. The zero-order valence-electron chi connectivity index (χ0n) is 10.2. The molecule has 1 atom stereocenters. The van der Waals surface area contributed by atoms with Crippen molar-refractivity contribution in [2.75, 3.05) is 0 Å². The van der Waals surface area contributed by atoms with Crippen LogP contribution in [0.15, 0.2) is 40.9 Å². The third-order valence-electron chi connectivity index (χ3n) is 2.60. The van der Waals surface area contributed by atoms with E-state index in [9.17, 15) is 0 Å². The zero-order valence-corrected chi connectivity index (χ0v) is 13.3. The maximum absolute atomic E-state index is 6.14. The highest BCUT2D eigenvalue weighted by Crippen LogP contribution is 2.38. The average Bonchev–Trinajstić information content (AvgIpc) is 2.36. The molecule has 0 aliphatic rings. The Labute approximate surface area is 130 Å². The van der Waals surface area contributed by atoms with E-state index in [0.29, 0.717) is 21.5 Å². The molecule has 0 amide bonds. The molecule has 2 nitrogen and oxygen atoms in total. The van der Waals surface area contributed by atoms with Gasteiger partial charge in [0.1, 0.15) is 11.5 Å². The second-order valence-electron chi connectivity index (χ2n) is 4.13. The van der Waals surface area contributed by atoms with Gasteiger partial charge in [-0.15, -0.1) is 0 Å². The van der Waals surface area contributed by atoms with Crippen LogP contribution in [0.2, 0.25) is 10.0 Å². The first-order valence-electron chi connectivity index (χ1n) is 5.66. The zero-order chi connectivity index (χ0) is 14.0. The van der Waals surface area contributed by atoms with Crippen LogP contribution in [0, 0.1) is 0 Å². The number of para-hydroxylation sites is 1. The third-order valence-corrected chi connectivity index (χ3v) is 4.10. The summed E-state index contributed by atoms with van der Waals surface area (Å²) in [5.41, 5.74) is 6.83. The molecular formula is C14H12BrCl2NO. The molecule has 5 heteroatoms. The molecule has 0 aliphatic carbocycles. The van der Waals surface area contributed by atoms with Crippen LogP contribution in [0.25, 0.3) is 0 Å². The van der Waals surface area contributed by atoms with Crippen molar-refractivity contribution in [1.29, 1.82) is 0 Å². The Morgan fingerprint density at radius 2 is 1.79 bits per heavy atom. The molecule has 0 radical (unpaired) electrons. The third kappa shape index (κ3) is 3.42. The first-order chi connectivity index (χ1) is 8.99. The summed E-state index contributed by atoms with van der Waals surface area (Å²) < 4.78 is 6.55. The molecule has 2 N–H and O–H groups in total. The number of ether oxygens (including phenoxy) is 1. The monoisotopic (exact) mass is 359 g/mol. The van der Waals surface area contributed by atoms with E-state index in [1.54, 1.807) is 12.1 Å². The molecule has 2 rings (SSSR count). The second-order valence-corrected chi connectivity index (χ2v) is 5.79. The van der Waals surface area contributed by atoms with Crippen LogP contribution < -0.4 is 10.5 Å². The number of hydrogen-bond acceptors (Lipinski definition) is 2. The molecule has 0 bridgehead atoms. The van der Waals surface area contributed by atoms with Crippen LogP contribution in [-0.2, 0) is 0 Å². The summed E-state index contributed by atoms with van der Waals surface area (Å²) in [6.45, 7) is 1.90. The summed E-state index contributed by atoms with van der Waals surface area (Å²) >= 11 is 15.5. The molecule has 0 saturated carbocycles. The Morgan fingerprint density at radius 1 is 1.11 bits per heavy atom. The smallest absolute Gasteiger partial charge is 0.147 e. The van der Waals surface area contributed by atoms with Gasteiger partial charge >= 0.3 is 0 Å². The highest BCUT2D eigenvalue weighted by molar-refractivity contribution is 9.10. The fourth-order valence-corrected chi connectivity index (χ4v) is 2.48. The van der Waals surface area contributed by atoms with E-state index < -0.39 is 0 Å².